The highest BCUT2D eigenvalue weighted by Gasteiger charge is 2.13. The van der Waals surface area contributed by atoms with E-state index in [2.05, 4.69) is 11.4 Å². The van der Waals surface area contributed by atoms with Crippen molar-refractivity contribution < 1.29 is 13.6 Å². The first-order valence-electron chi connectivity index (χ1n) is 7.93. The molecule has 3 aromatic rings. The molecule has 0 radical (unpaired) electrons. The number of benzene rings is 3. The van der Waals surface area contributed by atoms with E-state index in [0.717, 1.165) is 28.5 Å². The zero-order chi connectivity index (χ0) is 17.8. The minimum absolute atomic E-state index is 0.0284. The van der Waals surface area contributed by atoms with Gasteiger partial charge in [-0.2, -0.15) is 0 Å². The monoisotopic (exact) mass is 340 g/mol. The lowest BCUT2D eigenvalue weighted by Gasteiger charge is -2.17. The van der Waals surface area contributed by atoms with Crippen molar-refractivity contribution in [3.63, 3.8) is 0 Å². The first-order valence-corrected chi connectivity index (χ1v) is 7.93. The molecule has 3 nitrogen and oxygen atoms in total. The summed E-state index contributed by atoms with van der Waals surface area (Å²) in [7, 11) is 1.78. The number of anilines is 1. The van der Waals surface area contributed by atoms with Gasteiger partial charge < -0.3 is 5.32 Å². The summed E-state index contributed by atoms with van der Waals surface area (Å²) in [6, 6.07) is 17.6. The molecule has 5 heteroatoms. The van der Waals surface area contributed by atoms with E-state index in [1.807, 2.05) is 36.4 Å². The van der Waals surface area contributed by atoms with Crippen LogP contribution in [0, 0.1) is 11.6 Å². The molecule has 0 atom stereocenters. The minimum atomic E-state index is -0.787. The highest BCUT2D eigenvalue weighted by Crippen LogP contribution is 2.18. The molecule has 0 bridgehead atoms. The van der Waals surface area contributed by atoms with Gasteiger partial charge in [0.1, 0.15) is 17.3 Å². The maximum absolute atomic E-state index is 13.6. The van der Waals surface area contributed by atoms with Gasteiger partial charge in [-0.05, 0) is 41.6 Å². The van der Waals surface area contributed by atoms with Gasteiger partial charge in [0.05, 0.1) is 6.54 Å². The van der Waals surface area contributed by atoms with Crippen molar-refractivity contribution in [3.05, 3.63) is 77.9 Å². The van der Waals surface area contributed by atoms with Gasteiger partial charge in [0.15, 0.2) is 0 Å². The highest BCUT2D eigenvalue weighted by atomic mass is 19.1. The Morgan fingerprint density at radius 3 is 2.36 bits per heavy atom. The topological polar surface area (TPSA) is 32.3 Å². The van der Waals surface area contributed by atoms with Crippen LogP contribution in [0.25, 0.3) is 10.8 Å². The Hall–Kier alpha value is -2.79. The molecule has 25 heavy (non-hydrogen) atoms. The molecule has 0 unspecified atom stereocenters. The Morgan fingerprint density at radius 2 is 1.64 bits per heavy atom. The maximum Gasteiger partial charge on any atom is 0.238 e. The first-order chi connectivity index (χ1) is 12.0. The lowest BCUT2D eigenvalue weighted by Crippen LogP contribution is -2.30. The van der Waals surface area contributed by atoms with Crippen LogP contribution >= 0.6 is 0 Å². The second-order valence-corrected chi connectivity index (χ2v) is 6.00. The first kappa shape index (κ1) is 17.0. The molecule has 1 N–H and O–H groups in total. The molecule has 0 aliphatic heterocycles. The standard InChI is InChI=1S/C20H18F2N2O/c1-24(12-14-9-10-15-5-2-3-6-16(15)11-14)13-19(25)23-20-17(21)7-4-8-18(20)22/h2-11H,12-13H2,1H3,(H,23,25). The molecular formula is C20H18F2N2O. The fraction of sp³-hybridized carbons (Fsp3) is 0.150. The SMILES string of the molecule is CN(CC(=O)Nc1c(F)cccc1F)Cc1ccc2ccccc2c1. The largest absolute Gasteiger partial charge is 0.320 e. The number of rotatable bonds is 5. The van der Waals surface area contributed by atoms with Crippen LogP contribution in [-0.2, 0) is 11.3 Å². The van der Waals surface area contributed by atoms with Gasteiger partial charge in [-0.1, -0.05) is 42.5 Å². The van der Waals surface area contributed by atoms with E-state index in [-0.39, 0.29) is 6.54 Å². The van der Waals surface area contributed by atoms with Crippen LogP contribution in [0.4, 0.5) is 14.5 Å². The molecule has 0 aliphatic carbocycles. The second-order valence-electron chi connectivity index (χ2n) is 6.00. The molecule has 0 spiro atoms. The van der Waals surface area contributed by atoms with E-state index in [1.165, 1.54) is 6.07 Å². The summed E-state index contributed by atoms with van der Waals surface area (Å²) in [6.45, 7) is 0.582. The molecule has 0 aromatic heterocycles. The number of nitrogens with one attached hydrogen (secondary N) is 1. The highest BCUT2D eigenvalue weighted by molar-refractivity contribution is 5.92. The number of carbonyl (C=O) groups excluding carboxylic acids is 1. The minimum Gasteiger partial charge on any atom is -0.320 e. The predicted octanol–water partition coefficient (Wildman–Crippen LogP) is 4.19. The molecule has 0 aliphatic rings. The number of likely N-dealkylation sites (N-methyl/N-ethyl adjacent to an activating group) is 1. The van der Waals surface area contributed by atoms with Gasteiger partial charge in [0.25, 0.3) is 0 Å². The van der Waals surface area contributed by atoms with E-state index >= 15 is 0 Å². The van der Waals surface area contributed by atoms with E-state index in [1.54, 1.807) is 11.9 Å². The Morgan fingerprint density at radius 1 is 0.960 bits per heavy atom. The molecule has 0 saturated carbocycles. The van der Waals surface area contributed by atoms with Crippen LogP contribution in [0.5, 0.6) is 0 Å². The summed E-state index contributed by atoms with van der Waals surface area (Å²) in [6.07, 6.45) is 0. The molecule has 0 heterocycles. The third-order valence-corrected chi connectivity index (χ3v) is 3.91. The van der Waals surface area contributed by atoms with E-state index in [4.69, 9.17) is 0 Å². The molecular weight excluding hydrogens is 322 g/mol. The smallest absolute Gasteiger partial charge is 0.238 e. The number of fused-ring (bicyclic) bond motifs is 1. The molecule has 3 aromatic carbocycles. The summed E-state index contributed by atoms with van der Waals surface area (Å²) in [5, 5.41) is 4.58. The zero-order valence-electron chi connectivity index (χ0n) is 13.8. The van der Waals surface area contributed by atoms with Crippen molar-refractivity contribution in [1.82, 2.24) is 4.90 Å². The van der Waals surface area contributed by atoms with E-state index in [0.29, 0.717) is 6.54 Å². The van der Waals surface area contributed by atoms with E-state index < -0.39 is 23.2 Å². The van der Waals surface area contributed by atoms with Gasteiger partial charge in [-0.15, -0.1) is 0 Å². The summed E-state index contributed by atoms with van der Waals surface area (Å²) in [5.41, 5.74) is 0.651. The Labute approximate surface area is 144 Å². The van der Waals surface area contributed by atoms with Crippen LogP contribution in [0.15, 0.2) is 60.7 Å². The summed E-state index contributed by atoms with van der Waals surface area (Å²) in [4.78, 5) is 13.8. The lowest BCUT2D eigenvalue weighted by molar-refractivity contribution is -0.117. The Bertz CT molecular complexity index is 891. The summed E-state index contributed by atoms with van der Waals surface area (Å²) < 4.78 is 27.2. The third kappa shape index (κ3) is 4.19. The van der Waals surface area contributed by atoms with Gasteiger partial charge in [-0.25, -0.2) is 8.78 Å². The number of carbonyl (C=O) groups is 1. The van der Waals surface area contributed by atoms with Crippen molar-refractivity contribution in [1.29, 1.82) is 0 Å². The number of nitrogens with zero attached hydrogens (tertiary/aromatic N) is 1. The van der Waals surface area contributed by atoms with Crippen LogP contribution in [0.3, 0.4) is 0 Å². The quantitative estimate of drug-likeness (QED) is 0.755. The number of para-hydroxylation sites is 1. The predicted molar refractivity (Wildman–Crippen MR) is 95.3 cm³/mol. The number of hydrogen-bond acceptors (Lipinski definition) is 2. The number of halogens is 2. The van der Waals surface area contributed by atoms with Crippen molar-refractivity contribution in [2.75, 3.05) is 18.9 Å². The third-order valence-electron chi connectivity index (χ3n) is 3.91. The van der Waals surface area contributed by atoms with Gasteiger partial charge in [0.2, 0.25) is 5.91 Å². The van der Waals surface area contributed by atoms with Gasteiger partial charge >= 0.3 is 0 Å². The molecule has 1 amide bonds. The average Bonchev–Trinajstić information content (AvgIpc) is 2.58. The lowest BCUT2D eigenvalue weighted by atomic mass is 10.1. The molecule has 3 rings (SSSR count). The summed E-state index contributed by atoms with van der Waals surface area (Å²) >= 11 is 0. The molecule has 128 valence electrons. The van der Waals surface area contributed by atoms with Crippen LogP contribution < -0.4 is 5.32 Å². The van der Waals surface area contributed by atoms with Crippen LogP contribution in [0.2, 0.25) is 0 Å². The van der Waals surface area contributed by atoms with Gasteiger partial charge in [0, 0.05) is 6.54 Å². The zero-order valence-corrected chi connectivity index (χ0v) is 13.8. The fourth-order valence-corrected chi connectivity index (χ4v) is 2.75. The molecule has 0 saturated heterocycles. The number of amides is 1. The summed E-state index contributed by atoms with van der Waals surface area (Å²) in [5.74, 6) is -2.04. The normalized spacial score (nSPS) is 11.0. The number of hydrogen-bond donors (Lipinski definition) is 1. The van der Waals surface area contributed by atoms with Crippen LogP contribution in [-0.4, -0.2) is 24.4 Å². The average molecular weight is 340 g/mol. The second kappa shape index (κ2) is 7.40. The van der Waals surface area contributed by atoms with Crippen molar-refractivity contribution in [2.45, 2.75) is 6.54 Å². The van der Waals surface area contributed by atoms with E-state index in [9.17, 15) is 13.6 Å². The fourth-order valence-electron chi connectivity index (χ4n) is 2.75. The Balaban J connectivity index is 1.63. The van der Waals surface area contributed by atoms with Crippen LogP contribution in [0.1, 0.15) is 5.56 Å². The van der Waals surface area contributed by atoms with Crippen molar-refractivity contribution in [3.8, 4) is 0 Å². The van der Waals surface area contributed by atoms with Gasteiger partial charge in [-0.3, -0.25) is 9.69 Å². The molecule has 0 fully saturated rings. The van der Waals surface area contributed by atoms with Crippen molar-refractivity contribution >= 4 is 22.4 Å². The maximum atomic E-state index is 13.6. The Kier molecular flexibility index (Phi) is 5.05. The van der Waals surface area contributed by atoms with Crippen molar-refractivity contribution in [2.24, 2.45) is 0 Å².